The summed E-state index contributed by atoms with van der Waals surface area (Å²) < 4.78 is 7.07. The molecule has 9 aromatic rings. The number of hydrogen-bond donors (Lipinski definition) is 0. The van der Waals surface area contributed by atoms with Crippen molar-refractivity contribution in [2.45, 2.75) is 0 Å². The van der Waals surface area contributed by atoms with Crippen molar-refractivity contribution in [2.75, 3.05) is 0 Å². The van der Waals surface area contributed by atoms with Gasteiger partial charge >= 0.3 is 21.1 Å². The van der Waals surface area contributed by atoms with Gasteiger partial charge < -0.3 is 9.55 Å². The van der Waals surface area contributed by atoms with E-state index in [1.165, 1.54) is 0 Å². The Morgan fingerprint density at radius 3 is 2.27 bits per heavy atom. The Bertz CT molecular complexity index is 2410. The predicted molar refractivity (Wildman–Crippen MR) is 175 cm³/mol. The fourth-order valence-electron chi connectivity index (χ4n) is 5.73. The second-order valence-electron chi connectivity index (χ2n) is 10.4. The SMILES string of the molecule is [Pt+2].[c-]1c(-c2ccc(-n3cccn3)cn2)ccc(-n2cccn2)c1-n1c2[c-]c(-c3nc4ccccc4s3)ccc2c2ccccc21. The summed E-state index contributed by atoms with van der Waals surface area (Å²) in [7, 11) is 0. The summed E-state index contributed by atoms with van der Waals surface area (Å²) in [5.74, 6) is 0. The van der Waals surface area contributed by atoms with Crippen LogP contribution in [0.1, 0.15) is 0 Å². The zero-order chi connectivity index (χ0) is 29.0. The van der Waals surface area contributed by atoms with Crippen LogP contribution < -0.4 is 0 Å². The number of rotatable bonds is 5. The Balaban J connectivity index is 0.00000300. The number of hydrogen-bond acceptors (Lipinski definition) is 5. The molecule has 0 unspecified atom stereocenters. The third kappa shape index (κ3) is 4.61. The molecule has 45 heavy (non-hydrogen) atoms. The van der Waals surface area contributed by atoms with Gasteiger partial charge in [0.05, 0.1) is 11.2 Å². The van der Waals surface area contributed by atoms with Crippen LogP contribution in [0.5, 0.6) is 0 Å². The van der Waals surface area contributed by atoms with Gasteiger partial charge in [0.15, 0.2) is 0 Å². The van der Waals surface area contributed by atoms with E-state index in [4.69, 9.17) is 9.97 Å². The molecule has 216 valence electrons. The summed E-state index contributed by atoms with van der Waals surface area (Å²) in [5.41, 5.74) is 8.29. The first-order valence-electron chi connectivity index (χ1n) is 14.1. The zero-order valence-electron chi connectivity index (χ0n) is 23.5. The van der Waals surface area contributed by atoms with Crippen LogP contribution in [0.4, 0.5) is 0 Å². The van der Waals surface area contributed by atoms with Crippen LogP contribution in [-0.2, 0) is 21.1 Å². The van der Waals surface area contributed by atoms with Gasteiger partial charge in [0.2, 0.25) is 0 Å². The van der Waals surface area contributed by atoms with Gasteiger partial charge in [-0.05, 0) is 58.7 Å². The number of benzene rings is 4. The second-order valence-corrected chi connectivity index (χ2v) is 11.4. The first kappa shape index (κ1) is 27.4. The van der Waals surface area contributed by atoms with Gasteiger partial charge in [-0.15, -0.1) is 47.5 Å². The van der Waals surface area contributed by atoms with Crippen molar-refractivity contribution in [2.24, 2.45) is 0 Å². The molecule has 0 radical (unpaired) electrons. The summed E-state index contributed by atoms with van der Waals surface area (Å²) in [6.45, 7) is 0. The van der Waals surface area contributed by atoms with Crippen molar-refractivity contribution in [1.82, 2.24) is 34.1 Å². The number of aromatic nitrogens is 7. The molecule has 0 aliphatic heterocycles. The summed E-state index contributed by atoms with van der Waals surface area (Å²) in [4.78, 5) is 9.71. The van der Waals surface area contributed by atoms with Gasteiger partial charge in [-0.1, -0.05) is 41.8 Å². The van der Waals surface area contributed by atoms with Crippen LogP contribution >= 0.6 is 11.3 Å². The van der Waals surface area contributed by atoms with Crippen LogP contribution in [0.25, 0.3) is 70.9 Å². The number of thiazole rings is 1. The van der Waals surface area contributed by atoms with Crippen molar-refractivity contribution >= 4 is 43.4 Å². The monoisotopic (exact) mass is 778 g/mol. The van der Waals surface area contributed by atoms with Crippen molar-refractivity contribution in [3.8, 4) is 38.9 Å². The van der Waals surface area contributed by atoms with E-state index >= 15 is 0 Å². The quantitative estimate of drug-likeness (QED) is 0.166. The number of pyridine rings is 1. The van der Waals surface area contributed by atoms with Crippen molar-refractivity contribution < 1.29 is 21.1 Å². The van der Waals surface area contributed by atoms with E-state index in [1.807, 2.05) is 59.7 Å². The minimum atomic E-state index is 0. The molecule has 5 heterocycles. The van der Waals surface area contributed by atoms with Crippen LogP contribution in [0.3, 0.4) is 0 Å². The molecule has 5 aromatic heterocycles. The summed E-state index contributed by atoms with van der Waals surface area (Å²) in [6, 6.07) is 40.4. The Hall–Kier alpha value is -5.17. The molecule has 9 heteroatoms. The molecule has 0 amide bonds. The fourth-order valence-corrected chi connectivity index (χ4v) is 6.68. The van der Waals surface area contributed by atoms with E-state index in [1.54, 1.807) is 28.4 Å². The molecular weight excluding hydrogens is 758 g/mol. The normalized spacial score (nSPS) is 11.4. The molecular formula is C36H21N7PtS. The largest absolute Gasteiger partial charge is 2.00 e. The van der Waals surface area contributed by atoms with Crippen molar-refractivity contribution in [3.63, 3.8) is 0 Å². The molecule has 0 aliphatic carbocycles. The van der Waals surface area contributed by atoms with E-state index in [2.05, 4.69) is 87.6 Å². The summed E-state index contributed by atoms with van der Waals surface area (Å²) in [6.07, 6.45) is 9.23. The number of nitrogens with zero attached hydrogens (tertiary/aromatic N) is 7. The van der Waals surface area contributed by atoms with Crippen molar-refractivity contribution in [1.29, 1.82) is 0 Å². The molecule has 0 bridgehead atoms. The van der Waals surface area contributed by atoms with Gasteiger partial charge in [-0.2, -0.15) is 21.5 Å². The second kappa shape index (κ2) is 11.1. The molecule has 0 spiro atoms. The Morgan fingerprint density at radius 1 is 0.667 bits per heavy atom. The van der Waals surface area contributed by atoms with Crippen LogP contribution in [0.15, 0.2) is 128 Å². The molecule has 0 saturated heterocycles. The Kier molecular flexibility index (Phi) is 6.74. The predicted octanol–water partition coefficient (Wildman–Crippen LogP) is 8.09. The van der Waals surface area contributed by atoms with E-state index in [0.717, 1.165) is 70.9 Å². The first-order valence-corrected chi connectivity index (χ1v) is 15.0. The third-order valence-electron chi connectivity index (χ3n) is 7.78. The molecule has 0 fully saturated rings. The third-order valence-corrected chi connectivity index (χ3v) is 8.85. The standard InChI is InChI=1S/C36H21N7S.Pt/c1-3-9-31-27(7-1)28-14-11-25(36-40-30-8-2-4-10-35(30)44-36)22-33(28)43(31)34-21-24(12-16-32(34)42-20-6-18-39-42)29-15-13-26(23-37-29)41-19-5-17-38-41;/h1-20,23H;/q-2;+2. The average molecular weight is 779 g/mol. The maximum atomic E-state index is 4.93. The van der Waals surface area contributed by atoms with Crippen LogP contribution in [0.2, 0.25) is 0 Å². The minimum Gasteiger partial charge on any atom is -0.344 e. The maximum absolute atomic E-state index is 4.93. The molecule has 0 saturated carbocycles. The van der Waals surface area contributed by atoms with Crippen LogP contribution in [-0.4, -0.2) is 34.1 Å². The first-order chi connectivity index (χ1) is 21.8. The fraction of sp³-hybridized carbons (Fsp3) is 0. The van der Waals surface area contributed by atoms with Gasteiger partial charge in [0.25, 0.3) is 0 Å². The average Bonchev–Trinajstić information content (AvgIpc) is 3.90. The smallest absolute Gasteiger partial charge is 0.344 e. The molecule has 0 aliphatic rings. The van der Waals surface area contributed by atoms with E-state index in [-0.39, 0.29) is 21.1 Å². The zero-order valence-corrected chi connectivity index (χ0v) is 26.6. The molecule has 0 atom stereocenters. The summed E-state index contributed by atoms with van der Waals surface area (Å²) in [5, 5.41) is 12.1. The van der Waals surface area contributed by atoms with E-state index < -0.39 is 0 Å². The van der Waals surface area contributed by atoms with Crippen LogP contribution in [0, 0.1) is 12.1 Å². The van der Waals surface area contributed by atoms with Crippen molar-refractivity contribution in [3.05, 3.63) is 140 Å². The van der Waals surface area contributed by atoms with Gasteiger partial charge in [0.1, 0.15) is 0 Å². The molecule has 7 nitrogen and oxygen atoms in total. The van der Waals surface area contributed by atoms with Gasteiger partial charge in [-0.25, -0.2) is 4.68 Å². The van der Waals surface area contributed by atoms with Gasteiger partial charge in [0, 0.05) is 51.9 Å². The van der Waals surface area contributed by atoms with E-state index in [9.17, 15) is 0 Å². The molecule has 9 rings (SSSR count). The topological polar surface area (TPSA) is 66.3 Å². The van der Waals surface area contributed by atoms with E-state index in [0.29, 0.717) is 0 Å². The molecule has 4 aromatic carbocycles. The Morgan fingerprint density at radius 2 is 1.47 bits per heavy atom. The Labute approximate surface area is 276 Å². The number of para-hydroxylation sites is 2. The summed E-state index contributed by atoms with van der Waals surface area (Å²) >= 11 is 1.68. The maximum Gasteiger partial charge on any atom is 2.00 e. The van der Waals surface area contributed by atoms with Gasteiger partial charge in [-0.3, -0.25) is 9.67 Å². The molecule has 0 N–H and O–H groups in total. The number of fused-ring (bicyclic) bond motifs is 4. The minimum absolute atomic E-state index is 0.